The van der Waals surface area contributed by atoms with Crippen LogP contribution in [-0.2, 0) is 9.53 Å². The molecule has 0 radical (unpaired) electrons. The molecule has 0 unspecified atom stereocenters. The van der Waals surface area contributed by atoms with Gasteiger partial charge in [-0.2, -0.15) is 10.4 Å². The third kappa shape index (κ3) is 4.57. The molecule has 1 amide bonds. The van der Waals surface area contributed by atoms with Gasteiger partial charge in [0.2, 0.25) is 0 Å². The molecule has 0 saturated carbocycles. The molecule has 1 atom stereocenters. The molecular formula is C27H30N6O3. The number of fused-ring (bicyclic) bond motifs is 1. The first-order valence-corrected chi connectivity index (χ1v) is 12.3. The number of aromatic nitrogens is 3. The first kappa shape index (κ1) is 24.0. The number of rotatable bonds is 5. The van der Waals surface area contributed by atoms with E-state index < -0.39 is 6.10 Å². The number of ether oxygens (including phenoxy) is 1. The van der Waals surface area contributed by atoms with Crippen LogP contribution in [-0.4, -0.2) is 76.0 Å². The summed E-state index contributed by atoms with van der Waals surface area (Å²) >= 11 is 0. The summed E-state index contributed by atoms with van der Waals surface area (Å²) in [6.07, 6.45) is 7.36. The Kier molecular flexibility index (Phi) is 6.72. The second-order valence-electron chi connectivity index (χ2n) is 9.57. The summed E-state index contributed by atoms with van der Waals surface area (Å²) in [7, 11) is 0. The molecule has 1 fully saturated rings. The number of hydrogen-bond acceptors (Lipinski definition) is 7. The summed E-state index contributed by atoms with van der Waals surface area (Å²) in [6.45, 7) is 7.38. The van der Waals surface area contributed by atoms with Crippen molar-refractivity contribution in [1.29, 1.82) is 5.26 Å². The van der Waals surface area contributed by atoms with Crippen LogP contribution in [0.4, 0.5) is 5.82 Å². The number of aliphatic hydroxyl groups excluding tert-OH is 1. The van der Waals surface area contributed by atoms with Crippen molar-refractivity contribution in [3.05, 3.63) is 54.0 Å². The lowest BCUT2D eigenvalue weighted by molar-refractivity contribution is -0.142. The van der Waals surface area contributed by atoms with Crippen LogP contribution < -0.4 is 4.90 Å². The number of aliphatic hydroxyl groups is 1. The van der Waals surface area contributed by atoms with Crippen LogP contribution in [0.1, 0.15) is 31.4 Å². The molecule has 186 valence electrons. The van der Waals surface area contributed by atoms with E-state index in [1.54, 1.807) is 15.6 Å². The third-order valence-corrected chi connectivity index (χ3v) is 6.93. The van der Waals surface area contributed by atoms with Gasteiger partial charge in [0, 0.05) is 49.7 Å². The van der Waals surface area contributed by atoms with Gasteiger partial charge < -0.3 is 19.6 Å². The first-order valence-electron chi connectivity index (χ1n) is 12.3. The minimum atomic E-state index is -0.958. The molecule has 0 bridgehead atoms. The van der Waals surface area contributed by atoms with Gasteiger partial charge in [0.15, 0.2) is 0 Å². The maximum atomic E-state index is 12.5. The molecule has 0 aliphatic carbocycles. The van der Waals surface area contributed by atoms with Gasteiger partial charge in [-0.05, 0) is 41.7 Å². The molecule has 5 rings (SSSR count). The lowest BCUT2D eigenvalue weighted by atomic mass is 9.98. The van der Waals surface area contributed by atoms with E-state index in [2.05, 4.69) is 28.2 Å². The molecule has 1 saturated heterocycles. The SMILES string of the molecule is CC(C)[C@@H](O)C(=O)N1CCN(c2ccc(-c3cc(C4=CCOCC4)cn4ncc(C#N)c34)cn2)CC1. The predicted octanol–water partition coefficient (Wildman–Crippen LogP) is 2.74. The van der Waals surface area contributed by atoms with Crippen LogP contribution in [0.15, 0.2) is 42.9 Å². The highest BCUT2D eigenvalue weighted by atomic mass is 16.5. The number of anilines is 1. The highest BCUT2D eigenvalue weighted by molar-refractivity contribution is 5.87. The maximum Gasteiger partial charge on any atom is 0.251 e. The van der Waals surface area contributed by atoms with Crippen molar-refractivity contribution in [1.82, 2.24) is 19.5 Å². The normalized spacial score (nSPS) is 17.2. The van der Waals surface area contributed by atoms with E-state index in [0.29, 0.717) is 45.0 Å². The summed E-state index contributed by atoms with van der Waals surface area (Å²) in [5, 5.41) is 24.2. The average molecular weight is 487 g/mol. The summed E-state index contributed by atoms with van der Waals surface area (Å²) < 4.78 is 7.24. The quantitative estimate of drug-likeness (QED) is 0.591. The van der Waals surface area contributed by atoms with Crippen molar-refractivity contribution in [2.24, 2.45) is 5.92 Å². The number of pyridine rings is 2. The highest BCUT2D eigenvalue weighted by Gasteiger charge is 2.28. The fourth-order valence-corrected chi connectivity index (χ4v) is 4.75. The van der Waals surface area contributed by atoms with E-state index >= 15 is 0 Å². The topological polar surface area (TPSA) is 107 Å². The van der Waals surface area contributed by atoms with Crippen LogP contribution in [0.25, 0.3) is 22.2 Å². The number of carbonyl (C=O) groups excluding carboxylic acids is 1. The predicted molar refractivity (Wildman–Crippen MR) is 136 cm³/mol. The van der Waals surface area contributed by atoms with Crippen LogP contribution in [0.5, 0.6) is 0 Å². The number of nitriles is 1. The molecular weight excluding hydrogens is 456 g/mol. The van der Waals surface area contributed by atoms with Gasteiger partial charge in [0.05, 0.1) is 30.5 Å². The van der Waals surface area contributed by atoms with Gasteiger partial charge in [-0.3, -0.25) is 4.79 Å². The van der Waals surface area contributed by atoms with Crippen LogP contribution in [0.3, 0.4) is 0 Å². The molecule has 9 nitrogen and oxygen atoms in total. The van der Waals surface area contributed by atoms with E-state index in [4.69, 9.17) is 9.72 Å². The minimum Gasteiger partial charge on any atom is -0.383 e. The van der Waals surface area contributed by atoms with Crippen molar-refractivity contribution in [3.63, 3.8) is 0 Å². The third-order valence-electron chi connectivity index (χ3n) is 6.93. The summed E-state index contributed by atoms with van der Waals surface area (Å²) in [5.41, 5.74) is 5.36. The Balaban J connectivity index is 1.39. The fraction of sp³-hybridized carbons (Fsp3) is 0.407. The first-order chi connectivity index (χ1) is 17.5. The van der Waals surface area contributed by atoms with E-state index in [1.807, 2.05) is 38.4 Å². The zero-order valence-corrected chi connectivity index (χ0v) is 20.6. The molecule has 9 heteroatoms. The van der Waals surface area contributed by atoms with Crippen molar-refractivity contribution in [3.8, 4) is 17.2 Å². The van der Waals surface area contributed by atoms with E-state index in [1.165, 1.54) is 5.57 Å². The Hall–Kier alpha value is -3.74. The molecule has 3 aromatic heterocycles. The summed E-state index contributed by atoms with van der Waals surface area (Å²) in [4.78, 5) is 21.1. The number of piperazine rings is 1. The maximum absolute atomic E-state index is 12.5. The Morgan fingerprint density at radius 1 is 1.17 bits per heavy atom. The molecule has 2 aliphatic heterocycles. The average Bonchev–Trinajstić information content (AvgIpc) is 3.35. The molecule has 3 aromatic rings. The summed E-state index contributed by atoms with van der Waals surface area (Å²) in [5.74, 6) is 0.531. The molecule has 36 heavy (non-hydrogen) atoms. The number of carbonyl (C=O) groups is 1. The lowest BCUT2D eigenvalue weighted by Gasteiger charge is -2.36. The molecule has 1 N–H and O–H groups in total. The van der Waals surface area contributed by atoms with Crippen molar-refractivity contribution < 1.29 is 14.6 Å². The second kappa shape index (κ2) is 10.1. The van der Waals surface area contributed by atoms with Crippen LogP contribution >= 0.6 is 0 Å². The molecule has 5 heterocycles. The Bertz CT molecular complexity index is 1330. The van der Waals surface area contributed by atoms with Crippen LogP contribution in [0.2, 0.25) is 0 Å². The van der Waals surface area contributed by atoms with Gasteiger partial charge in [-0.1, -0.05) is 19.9 Å². The Labute approximate surface area is 210 Å². The summed E-state index contributed by atoms with van der Waals surface area (Å²) in [6, 6.07) is 8.36. The van der Waals surface area contributed by atoms with Crippen LogP contribution in [0, 0.1) is 17.2 Å². The standard InChI is InChI=1S/C27H30N6O3/c1-18(2)26(34)27(35)32-9-7-31(8-10-32)24-4-3-20(15-29-24)23-13-21(19-5-11-36-12-6-19)17-33-25(23)22(14-28)16-30-33/h3-5,13,15-18,26,34H,6-12H2,1-2H3/t26-/m1/s1. The minimum absolute atomic E-state index is 0.102. The monoisotopic (exact) mass is 486 g/mol. The van der Waals surface area contributed by atoms with Crippen molar-refractivity contribution >= 4 is 22.8 Å². The van der Waals surface area contributed by atoms with E-state index in [0.717, 1.165) is 34.4 Å². The largest absolute Gasteiger partial charge is 0.383 e. The van der Waals surface area contributed by atoms with E-state index in [9.17, 15) is 15.2 Å². The Morgan fingerprint density at radius 3 is 2.61 bits per heavy atom. The smallest absolute Gasteiger partial charge is 0.251 e. The van der Waals surface area contributed by atoms with Gasteiger partial charge in [0.25, 0.3) is 5.91 Å². The molecule has 2 aliphatic rings. The van der Waals surface area contributed by atoms with Gasteiger partial charge in [0.1, 0.15) is 18.0 Å². The second-order valence-corrected chi connectivity index (χ2v) is 9.57. The fourth-order valence-electron chi connectivity index (χ4n) is 4.75. The van der Waals surface area contributed by atoms with Crippen molar-refractivity contribution in [2.45, 2.75) is 26.4 Å². The number of amides is 1. The Morgan fingerprint density at radius 2 is 1.97 bits per heavy atom. The van der Waals surface area contributed by atoms with Crippen molar-refractivity contribution in [2.75, 3.05) is 44.3 Å². The zero-order valence-electron chi connectivity index (χ0n) is 20.6. The van der Waals surface area contributed by atoms with Gasteiger partial charge in [-0.15, -0.1) is 0 Å². The highest BCUT2D eigenvalue weighted by Crippen LogP contribution is 2.32. The molecule has 0 aromatic carbocycles. The zero-order chi connectivity index (χ0) is 25.2. The van der Waals surface area contributed by atoms with Gasteiger partial charge in [-0.25, -0.2) is 9.50 Å². The van der Waals surface area contributed by atoms with E-state index in [-0.39, 0.29) is 11.8 Å². The number of nitrogens with zero attached hydrogens (tertiary/aromatic N) is 6. The molecule has 0 spiro atoms. The number of hydrogen-bond donors (Lipinski definition) is 1. The van der Waals surface area contributed by atoms with Gasteiger partial charge >= 0.3 is 0 Å². The lowest BCUT2D eigenvalue weighted by Crippen LogP contribution is -2.52.